The second-order valence-electron chi connectivity index (χ2n) is 8.80. The number of nitrogens with zero attached hydrogens (tertiary/aromatic N) is 4. The summed E-state index contributed by atoms with van der Waals surface area (Å²) < 4.78 is 0. The van der Waals surface area contributed by atoms with Crippen molar-refractivity contribution in [3.8, 4) is 11.1 Å². The van der Waals surface area contributed by atoms with E-state index in [2.05, 4.69) is 77.6 Å². The van der Waals surface area contributed by atoms with Crippen LogP contribution in [-0.4, -0.2) is 58.6 Å². The maximum atomic E-state index is 12.6. The summed E-state index contributed by atoms with van der Waals surface area (Å²) in [5.41, 5.74) is 4.71. The molecule has 0 bridgehead atoms. The summed E-state index contributed by atoms with van der Waals surface area (Å²) in [6.45, 7) is 15.1. The van der Waals surface area contributed by atoms with E-state index in [0.29, 0.717) is 24.0 Å². The number of aryl methyl sites for hydroxylation is 2. The molecule has 3 N–H and O–H groups in total. The van der Waals surface area contributed by atoms with Crippen molar-refractivity contribution in [2.75, 3.05) is 43.4 Å². The molecule has 0 aliphatic heterocycles. The average molecular weight is 478 g/mol. The van der Waals surface area contributed by atoms with Gasteiger partial charge < -0.3 is 15.5 Å². The number of rotatable bonds is 12. The first-order valence-corrected chi connectivity index (χ1v) is 12.7. The van der Waals surface area contributed by atoms with Gasteiger partial charge in [0, 0.05) is 30.2 Å². The van der Waals surface area contributed by atoms with E-state index in [1.807, 2.05) is 12.1 Å². The number of carbonyl (C=O) groups excluding carboxylic acids is 1. The molecule has 0 saturated carbocycles. The van der Waals surface area contributed by atoms with Gasteiger partial charge in [0.05, 0.1) is 0 Å². The second-order valence-corrected chi connectivity index (χ2v) is 8.80. The van der Waals surface area contributed by atoms with Gasteiger partial charge in [-0.2, -0.15) is 4.98 Å². The molecule has 2 heterocycles. The van der Waals surface area contributed by atoms with Gasteiger partial charge in [-0.3, -0.25) is 5.32 Å². The summed E-state index contributed by atoms with van der Waals surface area (Å²) in [5.74, 6) is 1.04. The lowest BCUT2D eigenvalue weighted by molar-refractivity contribution is 0.252. The molecule has 188 valence electrons. The van der Waals surface area contributed by atoms with Gasteiger partial charge in [0.2, 0.25) is 5.95 Å². The van der Waals surface area contributed by atoms with Crippen molar-refractivity contribution in [2.24, 2.45) is 0 Å². The van der Waals surface area contributed by atoms with Gasteiger partial charge in [0.15, 0.2) is 5.65 Å². The van der Waals surface area contributed by atoms with Crippen LogP contribution in [0.1, 0.15) is 51.2 Å². The molecule has 3 rings (SSSR count). The van der Waals surface area contributed by atoms with Crippen LogP contribution >= 0.6 is 0 Å². The third kappa shape index (κ3) is 7.11. The summed E-state index contributed by atoms with van der Waals surface area (Å²) >= 11 is 0. The van der Waals surface area contributed by atoms with Crippen LogP contribution in [0.25, 0.3) is 22.2 Å². The van der Waals surface area contributed by atoms with Crippen molar-refractivity contribution in [1.82, 2.24) is 25.2 Å². The summed E-state index contributed by atoms with van der Waals surface area (Å²) in [4.78, 5) is 28.9. The van der Waals surface area contributed by atoms with E-state index in [1.165, 1.54) is 0 Å². The summed E-state index contributed by atoms with van der Waals surface area (Å²) in [5, 5.41) is 10.0. The minimum absolute atomic E-state index is 0.262. The third-order valence-electron chi connectivity index (χ3n) is 6.20. The highest BCUT2D eigenvalue weighted by atomic mass is 16.2. The average Bonchev–Trinajstić information content (AvgIpc) is 2.84. The van der Waals surface area contributed by atoms with Gasteiger partial charge in [-0.1, -0.05) is 45.4 Å². The van der Waals surface area contributed by atoms with Gasteiger partial charge in [-0.15, -0.1) is 0 Å². The number of nitrogens with one attached hydrogen (secondary N) is 3. The van der Waals surface area contributed by atoms with Crippen LogP contribution in [-0.2, 0) is 0 Å². The van der Waals surface area contributed by atoms with E-state index in [-0.39, 0.29) is 6.03 Å². The number of amides is 2. The molecule has 0 radical (unpaired) electrons. The molecule has 8 nitrogen and oxygen atoms in total. The van der Waals surface area contributed by atoms with Crippen molar-refractivity contribution >= 4 is 28.8 Å². The van der Waals surface area contributed by atoms with Gasteiger partial charge in [0.1, 0.15) is 5.82 Å². The monoisotopic (exact) mass is 477 g/mol. The smallest absolute Gasteiger partial charge is 0.320 e. The Morgan fingerprint density at radius 2 is 1.74 bits per heavy atom. The van der Waals surface area contributed by atoms with Crippen molar-refractivity contribution in [3.05, 3.63) is 41.6 Å². The molecule has 0 unspecified atom stereocenters. The van der Waals surface area contributed by atoms with Crippen LogP contribution < -0.4 is 16.0 Å². The van der Waals surface area contributed by atoms with Crippen LogP contribution in [0.5, 0.6) is 0 Å². The number of urea groups is 1. The molecule has 0 aliphatic carbocycles. The quantitative estimate of drug-likeness (QED) is 0.303. The van der Waals surface area contributed by atoms with Crippen molar-refractivity contribution in [2.45, 2.75) is 53.9 Å². The topological polar surface area (TPSA) is 95.1 Å². The highest BCUT2D eigenvalue weighted by molar-refractivity contribution is 5.97. The number of hydrogen-bond acceptors (Lipinski definition) is 6. The van der Waals surface area contributed by atoms with Crippen LogP contribution in [0, 0.1) is 13.8 Å². The molecule has 0 atom stereocenters. The SMILES string of the molecule is CCCCNC(=O)Nc1nc2nc(NCCCN(CC)CC)ncc2cc1-c1c(C)cccc1C. The summed E-state index contributed by atoms with van der Waals surface area (Å²) in [7, 11) is 0. The molecule has 1 aromatic carbocycles. The fraction of sp³-hybridized carbons (Fsp3) is 0.481. The zero-order valence-electron chi connectivity index (χ0n) is 21.7. The number of hydrogen-bond donors (Lipinski definition) is 3. The summed E-state index contributed by atoms with van der Waals surface area (Å²) in [6.07, 6.45) is 4.75. The zero-order valence-corrected chi connectivity index (χ0v) is 21.7. The standard InChI is InChI=1S/C27H39N7O/c1-6-9-14-29-27(35)33-25-22(23-19(4)12-10-13-20(23)5)17-21-18-30-26(32-24(21)31-25)28-15-11-16-34(7-2)8-3/h10,12-13,17-18H,6-9,11,14-16H2,1-5H3,(H3,28,29,30,31,32,33,35). The Morgan fingerprint density at radius 3 is 2.43 bits per heavy atom. The Labute approximate surface area is 209 Å². The normalized spacial score (nSPS) is 11.1. The largest absolute Gasteiger partial charge is 0.354 e. The lowest BCUT2D eigenvalue weighted by Gasteiger charge is -2.18. The second kappa shape index (κ2) is 13.0. The molecular weight excluding hydrogens is 438 g/mol. The van der Waals surface area contributed by atoms with E-state index in [0.717, 1.165) is 73.1 Å². The van der Waals surface area contributed by atoms with Crippen LogP contribution in [0.15, 0.2) is 30.5 Å². The maximum absolute atomic E-state index is 12.6. The van der Waals surface area contributed by atoms with E-state index < -0.39 is 0 Å². The number of unbranched alkanes of at least 4 members (excludes halogenated alkanes) is 1. The number of pyridine rings is 1. The van der Waals surface area contributed by atoms with Crippen molar-refractivity contribution in [3.63, 3.8) is 0 Å². The Morgan fingerprint density at radius 1 is 1.00 bits per heavy atom. The molecule has 0 fully saturated rings. The van der Waals surface area contributed by atoms with Crippen LogP contribution in [0.4, 0.5) is 16.6 Å². The lowest BCUT2D eigenvalue weighted by atomic mass is 9.95. The van der Waals surface area contributed by atoms with Crippen LogP contribution in [0.3, 0.4) is 0 Å². The summed E-state index contributed by atoms with van der Waals surface area (Å²) in [6, 6.07) is 7.93. The fourth-order valence-corrected chi connectivity index (χ4v) is 4.15. The molecule has 35 heavy (non-hydrogen) atoms. The molecule has 3 aromatic rings. The molecular formula is C27H39N7O. The molecule has 0 spiro atoms. The first-order chi connectivity index (χ1) is 17.0. The Bertz CT molecular complexity index is 1110. The molecule has 0 saturated heterocycles. The maximum Gasteiger partial charge on any atom is 0.320 e. The third-order valence-corrected chi connectivity index (χ3v) is 6.20. The predicted octanol–water partition coefficient (Wildman–Crippen LogP) is 5.37. The minimum atomic E-state index is -0.262. The van der Waals surface area contributed by atoms with Crippen molar-refractivity contribution in [1.29, 1.82) is 0 Å². The Balaban J connectivity index is 1.89. The molecule has 0 aliphatic rings. The predicted molar refractivity (Wildman–Crippen MR) is 145 cm³/mol. The number of carbonyl (C=O) groups is 1. The molecule has 2 aromatic heterocycles. The first-order valence-electron chi connectivity index (χ1n) is 12.7. The van der Waals surface area contributed by atoms with Gasteiger partial charge >= 0.3 is 6.03 Å². The minimum Gasteiger partial charge on any atom is -0.354 e. The van der Waals surface area contributed by atoms with Crippen LogP contribution in [0.2, 0.25) is 0 Å². The fourth-order valence-electron chi connectivity index (χ4n) is 4.15. The molecule has 8 heteroatoms. The van der Waals surface area contributed by atoms with Crippen molar-refractivity contribution < 1.29 is 4.79 Å². The number of aromatic nitrogens is 3. The van der Waals surface area contributed by atoms with Gasteiger partial charge in [-0.25, -0.2) is 14.8 Å². The van der Waals surface area contributed by atoms with E-state index in [4.69, 9.17) is 4.98 Å². The highest BCUT2D eigenvalue weighted by Gasteiger charge is 2.16. The Kier molecular flexibility index (Phi) is 9.78. The van der Waals surface area contributed by atoms with Gasteiger partial charge in [0.25, 0.3) is 0 Å². The van der Waals surface area contributed by atoms with E-state index in [9.17, 15) is 4.79 Å². The molecule has 2 amide bonds. The zero-order chi connectivity index (χ0) is 25.2. The van der Waals surface area contributed by atoms with E-state index in [1.54, 1.807) is 6.20 Å². The number of benzene rings is 1. The Hall–Kier alpha value is -3.26. The highest BCUT2D eigenvalue weighted by Crippen LogP contribution is 2.34. The first kappa shape index (κ1) is 26.3. The van der Waals surface area contributed by atoms with E-state index >= 15 is 0 Å². The number of anilines is 2. The lowest BCUT2D eigenvalue weighted by Crippen LogP contribution is -2.30. The van der Waals surface area contributed by atoms with Gasteiger partial charge in [-0.05, 0) is 69.1 Å². The number of fused-ring (bicyclic) bond motifs is 1.